The quantitative estimate of drug-likeness (QED) is 0.865. The SMILES string of the molecule is CC(C)N(CC1CC1)C(=O)c1sc2ccc(Br)cc2c1N. The molecule has 112 valence electrons. The lowest BCUT2D eigenvalue weighted by Crippen LogP contribution is -2.38. The van der Waals surface area contributed by atoms with E-state index in [0.29, 0.717) is 16.5 Å². The molecule has 2 N–H and O–H groups in total. The van der Waals surface area contributed by atoms with Crippen molar-refractivity contribution in [3.05, 3.63) is 27.5 Å². The number of nitrogen functional groups attached to an aromatic ring is 1. The van der Waals surface area contributed by atoms with Crippen molar-refractivity contribution in [2.75, 3.05) is 12.3 Å². The Hall–Kier alpha value is -1.07. The monoisotopic (exact) mass is 366 g/mol. The third-order valence-electron chi connectivity index (χ3n) is 3.92. The Bertz CT molecular complexity index is 691. The number of amides is 1. The minimum Gasteiger partial charge on any atom is -0.397 e. The number of rotatable bonds is 4. The molecule has 1 aliphatic rings. The average molecular weight is 367 g/mol. The molecule has 1 aromatic carbocycles. The van der Waals surface area contributed by atoms with Gasteiger partial charge >= 0.3 is 0 Å². The maximum absolute atomic E-state index is 12.9. The molecule has 0 saturated heterocycles. The molecule has 1 aliphatic carbocycles. The Morgan fingerprint density at radius 2 is 2.19 bits per heavy atom. The Balaban J connectivity index is 1.97. The van der Waals surface area contributed by atoms with Crippen molar-refractivity contribution in [3.8, 4) is 0 Å². The van der Waals surface area contributed by atoms with E-state index in [1.807, 2.05) is 23.1 Å². The number of thiophene rings is 1. The molecular formula is C16H19BrN2OS. The first-order chi connectivity index (χ1) is 9.97. The van der Waals surface area contributed by atoms with Crippen LogP contribution in [0.5, 0.6) is 0 Å². The largest absolute Gasteiger partial charge is 0.397 e. The number of anilines is 1. The highest BCUT2D eigenvalue weighted by Crippen LogP contribution is 2.37. The smallest absolute Gasteiger partial charge is 0.266 e. The zero-order chi connectivity index (χ0) is 15.1. The van der Waals surface area contributed by atoms with Crippen molar-refractivity contribution in [1.82, 2.24) is 4.90 Å². The second kappa shape index (κ2) is 5.61. The molecule has 0 unspecified atom stereocenters. The van der Waals surface area contributed by atoms with Gasteiger partial charge in [0.1, 0.15) is 4.88 Å². The van der Waals surface area contributed by atoms with Gasteiger partial charge in [-0.3, -0.25) is 4.79 Å². The van der Waals surface area contributed by atoms with Gasteiger partial charge in [-0.1, -0.05) is 15.9 Å². The molecule has 0 spiro atoms. The fourth-order valence-electron chi connectivity index (χ4n) is 2.49. The number of carbonyl (C=O) groups excluding carboxylic acids is 1. The summed E-state index contributed by atoms with van der Waals surface area (Å²) in [5.74, 6) is 0.757. The van der Waals surface area contributed by atoms with E-state index in [2.05, 4.69) is 29.8 Å². The second-order valence-electron chi connectivity index (χ2n) is 5.98. The summed E-state index contributed by atoms with van der Waals surface area (Å²) in [6.45, 7) is 4.99. The van der Waals surface area contributed by atoms with Crippen molar-refractivity contribution in [2.24, 2.45) is 5.92 Å². The lowest BCUT2D eigenvalue weighted by molar-refractivity contribution is 0.0702. The zero-order valence-corrected chi connectivity index (χ0v) is 14.6. The molecule has 5 heteroatoms. The Morgan fingerprint density at radius 1 is 1.48 bits per heavy atom. The highest BCUT2D eigenvalue weighted by Gasteiger charge is 2.30. The van der Waals surface area contributed by atoms with Gasteiger partial charge in [0.25, 0.3) is 5.91 Å². The second-order valence-corrected chi connectivity index (χ2v) is 7.95. The average Bonchev–Trinajstić information content (AvgIpc) is 3.20. The molecule has 2 aromatic rings. The van der Waals surface area contributed by atoms with Crippen molar-refractivity contribution in [1.29, 1.82) is 0 Å². The molecule has 1 fully saturated rings. The first-order valence-corrected chi connectivity index (χ1v) is 8.87. The first-order valence-electron chi connectivity index (χ1n) is 7.26. The van der Waals surface area contributed by atoms with Crippen LogP contribution < -0.4 is 5.73 Å². The van der Waals surface area contributed by atoms with Gasteiger partial charge in [0, 0.05) is 27.1 Å². The Labute approximate surface area is 137 Å². The van der Waals surface area contributed by atoms with Crippen LogP contribution in [0.15, 0.2) is 22.7 Å². The van der Waals surface area contributed by atoms with Crippen molar-refractivity contribution in [3.63, 3.8) is 0 Å². The van der Waals surface area contributed by atoms with Gasteiger partial charge in [-0.05, 0) is 50.8 Å². The predicted octanol–water partition coefficient (Wildman–Crippen LogP) is 4.51. The van der Waals surface area contributed by atoms with Gasteiger partial charge in [0.15, 0.2) is 0 Å². The normalized spacial score (nSPS) is 14.9. The number of halogens is 1. The van der Waals surface area contributed by atoms with Crippen LogP contribution in [0.4, 0.5) is 5.69 Å². The fraction of sp³-hybridized carbons (Fsp3) is 0.438. The molecule has 3 nitrogen and oxygen atoms in total. The van der Waals surface area contributed by atoms with Crippen molar-refractivity contribution < 1.29 is 4.79 Å². The van der Waals surface area contributed by atoms with Crippen LogP contribution in [0.25, 0.3) is 10.1 Å². The topological polar surface area (TPSA) is 46.3 Å². The molecule has 1 aromatic heterocycles. The molecule has 1 saturated carbocycles. The van der Waals surface area contributed by atoms with Crippen LogP contribution in [0.1, 0.15) is 36.4 Å². The maximum Gasteiger partial charge on any atom is 0.266 e. The van der Waals surface area contributed by atoms with Crippen LogP contribution >= 0.6 is 27.3 Å². The van der Waals surface area contributed by atoms with E-state index in [0.717, 1.165) is 21.1 Å². The highest BCUT2D eigenvalue weighted by atomic mass is 79.9. The van der Waals surface area contributed by atoms with Crippen LogP contribution in [0.2, 0.25) is 0 Å². The van der Waals surface area contributed by atoms with Gasteiger partial charge in [-0.15, -0.1) is 11.3 Å². The third-order valence-corrected chi connectivity index (χ3v) is 5.59. The molecule has 0 radical (unpaired) electrons. The molecular weight excluding hydrogens is 348 g/mol. The summed E-state index contributed by atoms with van der Waals surface area (Å²) in [6, 6.07) is 6.18. The lowest BCUT2D eigenvalue weighted by Gasteiger charge is -2.26. The molecule has 0 atom stereocenters. The molecule has 1 amide bonds. The van der Waals surface area contributed by atoms with E-state index in [-0.39, 0.29) is 11.9 Å². The molecule has 3 rings (SSSR count). The maximum atomic E-state index is 12.9. The number of hydrogen-bond acceptors (Lipinski definition) is 3. The third kappa shape index (κ3) is 2.94. The summed E-state index contributed by atoms with van der Waals surface area (Å²) < 4.78 is 2.05. The van der Waals surface area contributed by atoms with Gasteiger partial charge in [-0.25, -0.2) is 0 Å². The predicted molar refractivity (Wildman–Crippen MR) is 92.8 cm³/mol. The Morgan fingerprint density at radius 3 is 2.81 bits per heavy atom. The molecule has 0 aliphatic heterocycles. The van der Waals surface area contributed by atoms with E-state index in [1.54, 1.807) is 0 Å². The first kappa shape index (κ1) is 14.9. The number of nitrogens with two attached hydrogens (primary N) is 1. The summed E-state index contributed by atoms with van der Waals surface area (Å²) in [6.07, 6.45) is 2.48. The number of benzene rings is 1. The number of fused-ring (bicyclic) bond motifs is 1. The minimum absolute atomic E-state index is 0.0757. The van der Waals surface area contributed by atoms with Crippen LogP contribution in [-0.4, -0.2) is 23.4 Å². The van der Waals surface area contributed by atoms with Crippen LogP contribution in [-0.2, 0) is 0 Å². The molecule has 21 heavy (non-hydrogen) atoms. The van der Waals surface area contributed by atoms with E-state index in [9.17, 15) is 4.79 Å². The van der Waals surface area contributed by atoms with Crippen LogP contribution in [0, 0.1) is 5.92 Å². The van der Waals surface area contributed by atoms with E-state index in [4.69, 9.17) is 5.73 Å². The molecule has 1 heterocycles. The summed E-state index contributed by atoms with van der Waals surface area (Å²) in [4.78, 5) is 15.5. The lowest BCUT2D eigenvalue weighted by atomic mass is 10.2. The summed E-state index contributed by atoms with van der Waals surface area (Å²) in [5, 5.41) is 0.966. The van der Waals surface area contributed by atoms with E-state index < -0.39 is 0 Å². The highest BCUT2D eigenvalue weighted by molar-refractivity contribution is 9.10. The van der Waals surface area contributed by atoms with Crippen molar-refractivity contribution >= 4 is 48.9 Å². The van der Waals surface area contributed by atoms with Gasteiger partial charge in [0.05, 0.1) is 5.69 Å². The number of carbonyl (C=O) groups is 1. The van der Waals surface area contributed by atoms with E-state index in [1.165, 1.54) is 24.2 Å². The minimum atomic E-state index is 0.0757. The standard InChI is InChI=1S/C16H19BrN2OS/c1-9(2)19(8-10-3-4-10)16(20)15-14(18)12-7-11(17)5-6-13(12)21-15/h5-7,9-10H,3-4,8,18H2,1-2H3. The molecule has 0 bridgehead atoms. The summed E-state index contributed by atoms with van der Waals surface area (Å²) in [7, 11) is 0. The summed E-state index contributed by atoms with van der Waals surface area (Å²) >= 11 is 4.96. The van der Waals surface area contributed by atoms with E-state index >= 15 is 0 Å². The van der Waals surface area contributed by atoms with Gasteiger partial charge < -0.3 is 10.6 Å². The zero-order valence-electron chi connectivity index (χ0n) is 12.2. The Kier molecular flexibility index (Phi) is 3.97. The summed E-state index contributed by atoms with van der Waals surface area (Å²) in [5.41, 5.74) is 6.85. The van der Waals surface area contributed by atoms with Gasteiger partial charge in [-0.2, -0.15) is 0 Å². The van der Waals surface area contributed by atoms with Crippen molar-refractivity contribution in [2.45, 2.75) is 32.7 Å². The van der Waals surface area contributed by atoms with Crippen LogP contribution in [0.3, 0.4) is 0 Å². The number of nitrogens with zero attached hydrogens (tertiary/aromatic N) is 1. The van der Waals surface area contributed by atoms with Gasteiger partial charge in [0.2, 0.25) is 0 Å². The fourth-order valence-corrected chi connectivity index (χ4v) is 3.91. The number of hydrogen-bond donors (Lipinski definition) is 1.